The van der Waals surface area contributed by atoms with Crippen molar-refractivity contribution in [2.24, 2.45) is 0 Å². The lowest BCUT2D eigenvalue weighted by molar-refractivity contribution is 0.435. The number of aromatic nitrogens is 1. The highest BCUT2D eigenvalue weighted by atomic mass is 32.2. The van der Waals surface area contributed by atoms with E-state index in [1.165, 1.54) is 6.20 Å². The summed E-state index contributed by atoms with van der Waals surface area (Å²) in [5, 5.41) is 3.71. The largest absolute Gasteiger partial charge is 0.337 e. The van der Waals surface area contributed by atoms with Crippen LogP contribution in [0.2, 0.25) is 0 Å². The summed E-state index contributed by atoms with van der Waals surface area (Å²) in [5.41, 5.74) is 2.50. The van der Waals surface area contributed by atoms with Gasteiger partial charge in [0.15, 0.2) is 0 Å². The standard InChI is InChI=1S/C18H18N2O3S/c1-13(2)14-8-10-16(11-9-14)24(21,22)20-18-17(12-19-23-18)15-6-4-3-5-7-15/h3-13,20H,1-2H3. The van der Waals surface area contributed by atoms with Crippen molar-refractivity contribution in [3.8, 4) is 11.1 Å². The van der Waals surface area contributed by atoms with E-state index in [9.17, 15) is 8.42 Å². The Kier molecular flexibility index (Phi) is 4.40. The average Bonchev–Trinajstić information content (AvgIpc) is 3.03. The Hall–Kier alpha value is -2.60. The van der Waals surface area contributed by atoms with Crippen LogP contribution in [0, 0.1) is 0 Å². The molecule has 2 aromatic carbocycles. The molecule has 1 heterocycles. The minimum Gasteiger partial charge on any atom is -0.337 e. The molecular weight excluding hydrogens is 324 g/mol. The Labute approximate surface area is 141 Å². The molecular formula is C18H18N2O3S. The van der Waals surface area contributed by atoms with Crippen molar-refractivity contribution in [1.82, 2.24) is 5.16 Å². The van der Waals surface area contributed by atoms with E-state index in [1.54, 1.807) is 12.1 Å². The minimum absolute atomic E-state index is 0.106. The van der Waals surface area contributed by atoms with E-state index >= 15 is 0 Å². The van der Waals surface area contributed by atoms with Gasteiger partial charge in [0.2, 0.25) is 5.88 Å². The molecule has 0 unspecified atom stereocenters. The van der Waals surface area contributed by atoms with Gasteiger partial charge in [-0.1, -0.05) is 61.5 Å². The first kappa shape index (κ1) is 16.3. The maximum atomic E-state index is 12.6. The molecule has 0 spiro atoms. The van der Waals surface area contributed by atoms with E-state index in [0.29, 0.717) is 11.5 Å². The van der Waals surface area contributed by atoms with E-state index < -0.39 is 10.0 Å². The Bertz CT molecular complexity index is 914. The van der Waals surface area contributed by atoms with Crippen LogP contribution in [-0.2, 0) is 10.0 Å². The zero-order valence-electron chi connectivity index (χ0n) is 13.4. The molecule has 6 heteroatoms. The molecule has 1 N–H and O–H groups in total. The van der Waals surface area contributed by atoms with Gasteiger partial charge in [-0.25, -0.2) is 13.1 Å². The molecule has 3 aromatic rings. The molecule has 0 radical (unpaired) electrons. The number of nitrogens with zero attached hydrogens (tertiary/aromatic N) is 1. The van der Waals surface area contributed by atoms with Gasteiger partial charge in [0.25, 0.3) is 10.0 Å². The molecule has 5 nitrogen and oxygen atoms in total. The monoisotopic (exact) mass is 342 g/mol. The van der Waals surface area contributed by atoms with E-state index in [0.717, 1.165) is 11.1 Å². The first-order valence-electron chi connectivity index (χ1n) is 7.60. The van der Waals surface area contributed by atoms with Gasteiger partial charge >= 0.3 is 0 Å². The summed E-state index contributed by atoms with van der Waals surface area (Å²) in [6.07, 6.45) is 1.50. The van der Waals surface area contributed by atoms with Gasteiger partial charge in [-0.2, -0.15) is 0 Å². The Morgan fingerprint density at radius 2 is 1.67 bits per heavy atom. The smallest absolute Gasteiger partial charge is 0.264 e. The quantitative estimate of drug-likeness (QED) is 0.752. The van der Waals surface area contributed by atoms with Gasteiger partial charge in [0.1, 0.15) is 0 Å². The van der Waals surface area contributed by atoms with Crippen LogP contribution in [0.5, 0.6) is 0 Å². The Morgan fingerprint density at radius 1 is 1.00 bits per heavy atom. The average molecular weight is 342 g/mol. The highest BCUT2D eigenvalue weighted by Gasteiger charge is 2.20. The van der Waals surface area contributed by atoms with Crippen molar-refractivity contribution < 1.29 is 12.9 Å². The lowest BCUT2D eigenvalue weighted by Gasteiger charge is -2.09. The lowest BCUT2D eigenvalue weighted by atomic mass is 10.0. The van der Waals surface area contributed by atoms with Crippen LogP contribution < -0.4 is 4.72 Å². The topological polar surface area (TPSA) is 72.2 Å². The highest BCUT2D eigenvalue weighted by Crippen LogP contribution is 2.29. The predicted molar refractivity (Wildman–Crippen MR) is 93.3 cm³/mol. The summed E-state index contributed by atoms with van der Waals surface area (Å²) in [4.78, 5) is 0.183. The van der Waals surface area contributed by atoms with Crippen LogP contribution in [-0.4, -0.2) is 13.6 Å². The van der Waals surface area contributed by atoms with Crippen molar-refractivity contribution in [3.63, 3.8) is 0 Å². The second-order valence-electron chi connectivity index (χ2n) is 5.76. The van der Waals surface area contributed by atoms with Crippen LogP contribution in [0.25, 0.3) is 11.1 Å². The van der Waals surface area contributed by atoms with Crippen molar-refractivity contribution in [3.05, 3.63) is 66.4 Å². The maximum Gasteiger partial charge on any atom is 0.264 e. The van der Waals surface area contributed by atoms with Gasteiger partial charge < -0.3 is 4.52 Å². The fourth-order valence-corrected chi connectivity index (χ4v) is 3.35. The van der Waals surface area contributed by atoms with E-state index in [1.807, 2.05) is 42.5 Å². The zero-order valence-corrected chi connectivity index (χ0v) is 14.2. The number of benzene rings is 2. The fourth-order valence-electron chi connectivity index (χ4n) is 2.35. The number of rotatable bonds is 5. The third kappa shape index (κ3) is 3.33. The predicted octanol–water partition coefficient (Wildman–Crippen LogP) is 4.27. The highest BCUT2D eigenvalue weighted by molar-refractivity contribution is 7.92. The number of nitrogens with one attached hydrogen (secondary N) is 1. The Morgan fingerprint density at radius 3 is 2.29 bits per heavy atom. The summed E-state index contributed by atoms with van der Waals surface area (Å²) in [5.74, 6) is 0.447. The minimum atomic E-state index is -3.74. The van der Waals surface area contributed by atoms with Gasteiger partial charge in [0.05, 0.1) is 16.7 Å². The molecule has 3 rings (SSSR count). The summed E-state index contributed by atoms with van der Waals surface area (Å²) < 4.78 is 32.7. The molecule has 0 atom stereocenters. The van der Waals surface area contributed by atoms with E-state index in [4.69, 9.17) is 4.52 Å². The zero-order chi connectivity index (χ0) is 17.2. The summed E-state index contributed by atoms with van der Waals surface area (Å²) in [6.45, 7) is 4.12. The molecule has 0 aliphatic heterocycles. The Balaban J connectivity index is 1.90. The first-order chi connectivity index (χ1) is 11.5. The molecule has 0 aliphatic rings. The van der Waals surface area contributed by atoms with Crippen LogP contribution in [0.4, 0.5) is 5.88 Å². The lowest BCUT2D eigenvalue weighted by Crippen LogP contribution is -2.13. The molecule has 0 aliphatic carbocycles. The van der Waals surface area contributed by atoms with Crippen LogP contribution in [0.15, 0.2) is 70.2 Å². The second kappa shape index (κ2) is 6.49. The molecule has 124 valence electrons. The number of sulfonamides is 1. The third-order valence-electron chi connectivity index (χ3n) is 3.74. The molecule has 0 saturated heterocycles. The van der Waals surface area contributed by atoms with Gasteiger partial charge in [-0.3, -0.25) is 0 Å². The summed E-state index contributed by atoms with van der Waals surface area (Å²) in [7, 11) is -3.74. The van der Waals surface area contributed by atoms with E-state index in [2.05, 4.69) is 23.7 Å². The van der Waals surface area contributed by atoms with Crippen molar-refractivity contribution in [1.29, 1.82) is 0 Å². The molecule has 0 bridgehead atoms. The van der Waals surface area contributed by atoms with Crippen molar-refractivity contribution in [2.45, 2.75) is 24.7 Å². The molecule has 0 amide bonds. The van der Waals surface area contributed by atoms with E-state index in [-0.39, 0.29) is 10.8 Å². The van der Waals surface area contributed by atoms with Crippen molar-refractivity contribution in [2.75, 3.05) is 4.72 Å². The van der Waals surface area contributed by atoms with Gasteiger partial charge in [-0.15, -0.1) is 0 Å². The van der Waals surface area contributed by atoms with Gasteiger partial charge in [-0.05, 0) is 29.2 Å². The maximum absolute atomic E-state index is 12.6. The van der Waals surface area contributed by atoms with Crippen molar-refractivity contribution >= 4 is 15.9 Å². The molecule has 24 heavy (non-hydrogen) atoms. The first-order valence-corrected chi connectivity index (χ1v) is 9.08. The number of anilines is 1. The SMILES string of the molecule is CC(C)c1ccc(S(=O)(=O)Nc2oncc2-c2ccccc2)cc1. The number of hydrogen-bond acceptors (Lipinski definition) is 4. The second-order valence-corrected chi connectivity index (χ2v) is 7.45. The van der Waals surface area contributed by atoms with Crippen LogP contribution >= 0.6 is 0 Å². The molecule has 0 fully saturated rings. The fraction of sp³-hybridized carbons (Fsp3) is 0.167. The molecule has 0 saturated carbocycles. The third-order valence-corrected chi connectivity index (χ3v) is 5.09. The van der Waals surface area contributed by atoms with Crippen LogP contribution in [0.1, 0.15) is 25.3 Å². The normalized spacial score (nSPS) is 11.6. The molecule has 1 aromatic heterocycles. The van der Waals surface area contributed by atoms with Gasteiger partial charge in [0, 0.05) is 0 Å². The van der Waals surface area contributed by atoms with Crippen LogP contribution in [0.3, 0.4) is 0 Å². The number of hydrogen-bond donors (Lipinski definition) is 1. The summed E-state index contributed by atoms with van der Waals surface area (Å²) in [6, 6.07) is 16.2. The summed E-state index contributed by atoms with van der Waals surface area (Å²) >= 11 is 0.